The topological polar surface area (TPSA) is 49.3 Å². The molecule has 90 valence electrons. The fourth-order valence-corrected chi connectivity index (χ4v) is 2.43. The van der Waals surface area contributed by atoms with E-state index < -0.39 is 11.5 Å². The van der Waals surface area contributed by atoms with E-state index in [9.17, 15) is 9.90 Å². The first-order valence-corrected chi connectivity index (χ1v) is 5.89. The smallest absolute Gasteiger partial charge is 0.265 e. The summed E-state index contributed by atoms with van der Waals surface area (Å²) in [6.45, 7) is 0. The van der Waals surface area contributed by atoms with Crippen LogP contribution >= 0.6 is 11.6 Å². The Bertz CT molecular complexity index is 641. The predicted octanol–water partition coefficient (Wildman–Crippen LogP) is 2.53. The van der Waals surface area contributed by atoms with Crippen molar-refractivity contribution in [1.82, 2.24) is 0 Å². The highest BCUT2D eigenvalue weighted by Gasteiger charge is 2.46. The number of para-hydroxylation sites is 1. The first-order chi connectivity index (χ1) is 8.62. The van der Waals surface area contributed by atoms with Crippen LogP contribution in [0.5, 0.6) is 0 Å². The summed E-state index contributed by atoms with van der Waals surface area (Å²) in [5, 5.41) is 13.9. The van der Waals surface area contributed by atoms with Gasteiger partial charge in [-0.05, 0) is 23.8 Å². The Morgan fingerprint density at radius 1 is 1.11 bits per heavy atom. The third-order valence-electron chi connectivity index (χ3n) is 3.14. The van der Waals surface area contributed by atoms with Crippen LogP contribution in [-0.2, 0) is 10.4 Å². The number of anilines is 1. The fraction of sp³-hybridized carbons (Fsp3) is 0.0714. The zero-order valence-corrected chi connectivity index (χ0v) is 10.1. The van der Waals surface area contributed by atoms with E-state index in [2.05, 4.69) is 5.32 Å². The van der Waals surface area contributed by atoms with E-state index in [1.54, 1.807) is 42.5 Å². The SMILES string of the molecule is O=C1Nc2ccccc2C1(O)c1cccc(Cl)c1. The molecule has 1 heterocycles. The molecule has 4 heteroatoms. The van der Waals surface area contributed by atoms with Crippen LogP contribution in [0.1, 0.15) is 11.1 Å². The quantitative estimate of drug-likeness (QED) is 0.827. The molecular weight excluding hydrogens is 250 g/mol. The molecule has 0 saturated heterocycles. The maximum atomic E-state index is 12.1. The average Bonchev–Trinajstić information content (AvgIpc) is 2.63. The Kier molecular flexibility index (Phi) is 2.40. The molecule has 0 aromatic heterocycles. The molecule has 1 aliphatic rings. The van der Waals surface area contributed by atoms with E-state index in [1.807, 2.05) is 6.07 Å². The van der Waals surface area contributed by atoms with E-state index >= 15 is 0 Å². The largest absolute Gasteiger partial charge is 0.372 e. The van der Waals surface area contributed by atoms with Gasteiger partial charge in [0.15, 0.2) is 5.60 Å². The molecule has 1 unspecified atom stereocenters. The number of rotatable bonds is 1. The van der Waals surface area contributed by atoms with E-state index in [4.69, 9.17) is 11.6 Å². The standard InChI is InChI=1S/C14H10ClNO2/c15-10-5-3-4-9(8-10)14(18)11-6-1-2-7-12(11)16-13(14)17/h1-8,18H,(H,16,17). The Balaban J connectivity index is 2.23. The second kappa shape index (κ2) is 3.83. The number of carbonyl (C=O) groups excluding carboxylic acids is 1. The molecule has 1 atom stereocenters. The van der Waals surface area contributed by atoms with Gasteiger partial charge >= 0.3 is 0 Å². The third-order valence-corrected chi connectivity index (χ3v) is 3.37. The van der Waals surface area contributed by atoms with Crippen LogP contribution in [0.3, 0.4) is 0 Å². The van der Waals surface area contributed by atoms with E-state index in [1.165, 1.54) is 0 Å². The molecule has 3 rings (SSSR count). The van der Waals surface area contributed by atoms with Crippen LogP contribution in [0, 0.1) is 0 Å². The summed E-state index contributed by atoms with van der Waals surface area (Å²) in [5.41, 5.74) is -0.0127. The zero-order chi connectivity index (χ0) is 12.8. The first kappa shape index (κ1) is 11.3. The van der Waals surface area contributed by atoms with Crippen molar-refractivity contribution < 1.29 is 9.90 Å². The lowest BCUT2D eigenvalue weighted by atomic mass is 9.88. The van der Waals surface area contributed by atoms with Gasteiger partial charge in [-0.3, -0.25) is 4.79 Å². The van der Waals surface area contributed by atoms with Crippen LogP contribution in [0.25, 0.3) is 0 Å². The lowest BCUT2D eigenvalue weighted by Crippen LogP contribution is -2.35. The molecule has 1 amide bonds. The minimum absolute atomic E-state index is 0.453. The molecule has 1 aliphatic heterocycles. The van der Waals surface area contributed by atoms with Crippen molar-refractivity contribution in [2.75, 3.05) is 5.32 Å². The van der Waals surface area contributed by atoms with Crippen LogP contribution in [0.15, 0.2) is 48.5 Å². The molecule has 18 heavy (non-hydrogen) atoms. The molecule has 2 aromatic carbocycles. The van der Waals surface area contributed by atoms with Gasteiger partial charge in [-0.15, -0.1) is 0 Å². The number of benzene rings is 2. The van der Waals surface area contributed by atoms with Crippen LogP contribution < -0.4 is 5.32 Å². The normalized spacial score (nSPS) is 21.6. The second-order valence-electron chi connectivity index (χ2n) is 4.22. The number of amides is 1. The predicted molar refractivity (Wildman–Crippen MR) is 69.5 cm³/mol. The molecule has 3 nitrogen and oxygen atoms in total. The molecular formula is C14H10ClNO2. The van der Waals surface area contributed by atoms with Gasteiger partial charge < -0.3 is 10.4 Å². The summed E-state index contributed by atoms with van der Waals surface area (Å²) in [6.07, 6.45) is 0. The number of carbonyl (C=O) groups is 1. The Morgan fingerprint density at radius 2 is 1.89 bits per heavy atom. The van der Waals surface area contributed by atoms with Gasteiger partial charge in [0.05, 0.1) is 0 Å². The van der Waals surface area contributed by atoms with Crippen molar-refractivity contribution in [1.29, 1.82) is 0 Å². The summed E-state index contributed by atoms with van der Waals surface area (Å²) in [4.78, 5) is 12.1. The minimum atomic E-state index is -1.67. The van der Waals surface area contributed by atoms with Gasteiger partial charge in [-0.2, -0.15) is 0 Å². The number of nitrogens with one attached hydrogen (secondary N) is 1. The third kappa shape index (κ3) is 1.45. The van der Waals surface area contributed by atoms with Crippen LogP contribution in [-0.4, -0.2) is 11.0 Å². The van der Waals surface area contributed by atoms with Crippen molar-refractivity contribution >= 4 is 23.2 Å². The second-order valence-corrected chi connectivity index (χ2v) is 4.66. The number of hydrogen-bond donors (Lipinski definition) is 2. The van der Waals surface area contributed by atoms with E-state index in [-0.39, 0.29) is 0 Å². The highest BCUT2D eigenvalue weighted by atomic mass is 35.5. The van der Waals surface area contributed by atoms with E-state index in [0.717, 1.165) is 0 Å². The van der Waals surface area contributed by atoms with E-state index in [0.29, 0.717) is 21.8 Å². The lowest BCUT2D eigenvalue weighted by molar-refractivity contribution is -0.129. The molecule has 0 saturated carbocycles. The van der Waals surface area contributed by atoms with Crippen molar-refractivity contribution in [2.45, 2.75) is 5.60 Å². The van der Waals surface area contributed by atoms with Gasteiger partial charge in [0.25, 0.3) is 5.91 Å². The highest BCUT2D eigenvalue weighted by Crippen LogP contribution is 2.40. The van der Waals surface area contributed by atoms with Crippen LogP contribution in [0.4, 0.5) is 5.69 Å². The lowest BCUT2D eigenvalue weighted by Gasteiger charge is -2.21. The average molecular weight is 260 g/mol. The van der Waals surface area contributed by atoms with Crippen molar-refractivity contribution in [3.05, 3.63) is 64.7 Å². The van der Waals surface area contributed by atoms with Gasteiger partial charge in [-0.25, -0.2) is 0 Å². The van der Waals surface area contributed by atoms with Crippen LogP contribution in [0.2, 0.25) is 5.02 Å². The van der Waals surface area contributed by atoms with Crippen molar-refractivity contribution in [2.24, 2.45) is 0 Å². The Morgan fingerprint density at radius 3 is 2.67 bits per heavy atom. The highest BCUT2D eigenvalue weighted by molar-refractivity contribution is 6.30. The first-order valence-electron chi connectivity index (χ1n) is 5.52. The maximum Gasteiger partial charge on any atom is 0.265 e. The van der Waals surface area contributed by atoms with Gasteiger partial charge in [-0.1, -0.05) is 41.9 Å². The van der Waals surface area contributed by atoms with Gasteiger partial charge in [0.2, 0.25) is 0 Å². The number of aliphatic hydroxyl groups is 1. The Labute approximate surface area is 109 Å². The monoisotopic (exact) mass is 259 g/mol. The number of hydrogen-bond acceptors (Lipinski definition) is 2. The maximum absolute atomic E-state index is 12.1. The number of halogens is 1. The van der Waals surface area contributed by atoms with Gasteiger partial charge in [0, 0.05) is 16.3 Å². The molecule has 0 radical (unpaired) electrons. The molecule has 0 aliphatic carbocycles. The molecule has 0 spiro atoms. The Hall–Kier alpha value is -1.84. The van der Waals surface area contributed by atoms with Gasteiger partial charge in [0.1, 0.15) is 0 Å². The summed E-state index contributed by atoms with van der Waals surface area (Å²) < 4.78 is 0. The summed E-state index contributed by atoms with van der Waals surface area (Å²) in [5.74, 6) is -0.453. The summed E-state index contributed by atoms with van der Waals surface area (Å²) in [7, 11) is 0. The number of fused-ring (bicyclic) bond motifs is 1. The summed E-state index contributed by atoms with van der Waals surface area (Å²) >= 11 is 5.92. The summed E-state index contributed by atoms with van der Waals surface area (Å²) in [6, 6.07) is 13.8. The molecule has 2 N–H and O–H groups in total. The molecule has 0 bridgehead atoms. The zero-order valence-electron chi connectivity index (χ0n) is 9.35. The van der Waals surface area contributed by atoms with Crippen molar-refractivity contribution in [3.63, 3.8) is 0 Å². The molecule has 2 aromatic rings. The fourth-order valence-electron chi connectivity index (χ4n) is 2.24. The minimum Gasteiger partial charge on any atom is -0.372 e. The molecule has 0 fully saturated rings. The van der Waals surface area contributed by atoms with Crippen molar-refractivity contribution in [3.8, 4) is 0 Å².